The molecule has 3 rings (SSSR count). The number of carbonyl (C=O) groups excluding carboxylic acids is 2. The summed E-state index contributed by atoms with van der Waals surface area (Å²) >= 11 is 1.04. The van der Waals surface area contributed by atoms with E-state index in [4.69, 9.17) is 4.74 Å². The number of amides is 1. The number of esters is 1. The third kappa shape index (κ3) is 4.03. The van der Waals surface area contributed by atoms with E-state index < -0.39 is 27.5 Å². The van der Waals surface area contributed by atoms with E-state index in [-0.39, 0.29) is 40.7 Å². The first-order chi connectivity index (χ1) is 12.7. The van der Waals surface area contributed by atoms with Crippen molar-refractivity contribution in [1.82, 2.24) is 0 Å². The summed E-state index contributed by atoms with van der Waals surface area (Å²) in [5.74, 6) is -1.93. The van der Waals surface area contributed by atoms with Crippen molar-refractivity contribution in [2.24, 2.45) is 0 Å². The van der Waals surface area contributed by atoms with E-state index in [2.05, 4.69) is 5.32 Å². The maximum Gasteiger partial charge on any atom is 0.341 e. The fraction of sp³-hybridized carbons (Fsp3) is 0.333. The second-order valence-corrected chi connectivity index (χ2v) is 9.48. The quantitative estimate of drug-likeness (QED) is 0.781. The number of thiophene rings is 1. The van der Waals surface area contributed by atoms with Crippen LogP contribution < -0.4 is 5.32 Å². The van der Waals surface area contributed by atoms with Gasteiger partial charge in [-0.15, -0.1) is 11.3 Å². The summed E-state index contributed by atoms with van der Waals surface area (Å²) in [6, 6.07) is 4.09. The van der Waals surface area contributed by atoms with Gasteiger partial charge in [0.15, 0.2) is 9.84 Å². The van der Waals surface area contributed by atoms with Crippen molar-refractivity contribution in [2.45, 2.75) is 26.0 Å². The van der Waals surface area contributed by atoms with Crippen LogP contribution in [0.15, 0.2) is 18.2 Å². The zero-order chi connectivity index (χ0) is 19.8. The largest absolute Gasteiger partial charge is 0.462 e. The average Bonchev–Trinajstić information content (AvgIpc) is 2.93. The predicted octanol–water partition coefficient (Wildman–Crippen LogP) is 3.10. The van der Waals surface area contributed by atoms with Gasteiger partial charge in [-0.1, -0.05) is 6.07 Å². The Kier molecular flexibility index (Phi) is 5.34. The number of ether oxygens (including phenoxy) is 1. The molecule has 0 bridgehead atoms. The van der Waals surface area contributed by atoms with Gasteiger partial charge < -0.3 is 10.1 Å². The van der Waals surface area contributed by atoms with E-state index in [1.165, 1.54) is 12.1 Å². The Morgan fingerprint density at radius 3 is 2.74 bits per heavy atom. The fourth-order valence-electron chi connectivity index (χ4n) is 2.84. The lowest BCUT2D eigenvalue weighted by molar-refractivity contribution is 0.0527. The Bertz CT molecular complexity index is 1030. The summed E-state index contributed by atoms with van der Waals surface area (Å²) in [7, 11) is -3.23. The first kappa shape index (κ1) is 19.5. The minimum atomic E-state index is -3.23. The second-order valence-electron chi connectivity index (χ2n) is 6.19. The van der Waals surface area contributed by atoms with Gasteiger partial charge in [0.05, 0.1) is 23.7 Å². The zero-order valence-electron chi connectivity index (χ0n) is 14.8. The fourth-order valence-corrected chi connectivity index (χ4v) is 5.87. The molecule has 1 amide bonds. The highest BCUT2D eigenvalue weighted by molar-refractivity contribution is 7.90. The van der Waals surface area contributed by atoms with Crippen LogP contribution in [0.5, 0.6) is 0 Å². The molecule has 9 heteroatoms. The van der Waals surface area contributed by atoms with Gasteiger partial charge in [0, 0.05) is 10.4 Å². The number of fused-ring (bicyclic) bond motifs is 1. The maximum absolute atomic E-state index is 13.7. The summed E-state index contributed by atoms with van der Waals surface area (Å²) in [5, 5.41) is 2.84. The summed E-state index contributed by atoms with van der Waals surface area (Å²) in [6.45, 7) is 3.40. The highest BCUT2D eigenvalue weighted by Gasteiger charge is 2.32. The van der Waals surface area contributed by atoms with Gasteiger partial charge in [-0.3, -0.25) is 4.79 Å². The molecule has 27 heavy (non-hydrogen) atoms. The maximum atomic E-state index is 13.7. The summed E-state index contributed by atoms with van der Waals surface area (Å²) in [5.41, 5.74) is 1.30. The van der Waals surface area contributed by atoms with E-state index >= 15 is 0 Å². The molecule has 0 saturated carbocycles. The molecule has 0 radical (unpaired) electrons. The molecule has 1 aromatic carbocycles. The van der Waals surface area contributed by atoms with Gasteiger partial charge in [-0.05, 0) is 43.5 Å². The van der Waals surface area contributed by atoms with Crippen molar-refractivity contribution in [3.8, 4) is 0 Å². The van der Waals surface area contributed by atoms with Crippen LogP contribution in [0.1, 0.15) is 43.6 Å². The summed E-state index contributed by atoms with van der Waals surface area (Å²) in [6.07, 6.45) is 0.192. The van der Waals surface area contributed by atoms with Gasteiger partial charge in [0.25, 0.3) is 5.91 Å². The molecule has 6 nitrogen and oxygen atoms in total. The molecule has 0 fully saturated rings. The monoisotopic (exact) mass is 411 g/mol. The number of nitrogens with one attached hydrogen (secondary N) is 1. The second kappa shape index (κ2) is 7.40. The first-order valence-corrected chi connectivity index (χ1v) is 10.9. The normalized spacial score (nSPS) is 15.1. The van der Waals surface area contributed by atoms with E-state index in [9.17, 15) is 22.4 Å². The highest BCUT2D eigenvalue weighted by atomic mass is 32.2. The average molecular weight is 411 g/mol. The molecule has 0 aliphatic carbocycles. The lowest BCUT2D eigenvalue weighted by atomic mass is 10.1. The van der Waals surface area contributed by atoms with Crippen LogP contribution in [0.4, 0.5) is 9.39 Å². The minimum Gasteiger partial charge on any atom is -0.462 e. The molecule has 1 aromatic heterocycles. The first-order valence-electron chi connectivity index (χ1n) is 8.31. The van der Waals surface area contributed by atoms with Gasteiger partial charge in [-0.25, -0.2) is 17.6 Å². The Morgan fingerprint density at radius 2 is 2.07 bits per heavy atom. The van der Waals surface area contributed by atoms with Crippen molar-refractivity contribution in [2.75, 3.05) is 17.7 Å². The molecule has 0 saturated heterocycles. The molecular formula is C18H18FNO5S2. The third-order valence-corrected chi connectivity index (χ3v) is 7.13. The van der Waals surface area contributed by atoms with Crippen LogP contribution in [0.2, 0.25) is 0 Å². The Balaban J connectivity index is 1.98. The van der Waals surface area contributed by atoms with Crippen LogP contribution >= 0.6 is 11.3 Å². The standard InChI is InChI=1S/C18H18FNO5S2/c1-3-25-18(22)15-12-6-7-27(23,24)9-14(12)26-17(15)20-16(21)11-5-4-10(2)13(19)8-11/h4-5,8H,3,6-7,9H2,1-2H3,(H,20,21). The Labute approximate surface area is 160 Å². The van der Waals surface area contributed by atoms with E-state index in [1.54, 1.807) is 13.8 Å². The van der Waals surface area contributed by atoms with Crippen LogP contribution in [0, 0.1) is 12.7 Å². The number of carbonyl (C=O) groups is 2. The molecule has 0 atom stereocenters. The lowest BCUT2D eigenvalue weighted by Crippen LogP contribution is -2.20. The van der Waals surface area contributed by atoms with E-state index in [0.717, 1.165) is 17.4 Å². The number of benzene rings is 1. The molecule has 1 aliphatic rings. The number of sulfone groups is 1. The number of halogens is 1. The number of hydrogen-bond acceptors (Lipinski definition) is 6. The van der Waals surface area contributed by atoms with Crippen molar-refractivity contribution in [3.63, 3.8) is 0 Å². The van der Waals surface area contributed by atoms with Crippen LogP contribution in [0.25, 0.3) is 0 Å². The lowest BCUT2D eigenvalue weighted by Gasteiger charge is -2.13. The SMILES string of the molecule is CCOC(=O)c1c(NC(=O)c2ccc(C)c(F)c2)sc2c1CCS(=O)(=O)C2. The molecule has 2 heterocycles. The van der Waals surface area contributed by atoms with Gasteiger partial charge in [-0.2, -0.15) is 0 Å². The number of anilines is 1. The van der Waals surface area contributed by atoms with E-state index in [0.29, 0.717) is 16.0 Å². The zero-order valence-corrected chi connectivity index (χ0v) is 16.4. The molecular weight excluding hydrogens is 393 g/mol. The predicted molar refractivity (Wildman–Crippen MR) is 101 cm³/mol. The molecule has 1 N–H and O–H groups in total. The third-order valence-electron chi connectivity index (χ3n) is 4.25. The molecule has 0 spiro atoms. The minimum absolute atomic E-state index is 0.0559. The number of rotatable bonds is 4. The van der Waals surface area contributed by atoms with E-state index in [1.807, 2.05) is 0 Å². The molecule has 144 valence electrons. The Morgan fingerprint density at radius 1 is 1.33 bits per heavy atom. The van der Waals surface area contributed by atoms with Crippen LogP contribution in [0.3, 0.4) is 0 Å². The summed E-state index contributed by atoms with van der Waals surface area (Å²) in [4.78, 5) is 25.4. The van der Waals surface area contributed by atoms with Crippen molar-refractivity contribution < 1.29 is 27.1 Å². The van der Waals surface area contributed by atoms with Gasteiger partial charge in [0.1, 0.15) is 10.8 Å². The smallest absolute Gasteiger partial charge is 0.341 e. The number of aryl methyl sites for hydroxylation is 1. The summed E-state index contributed by atoms with van der Waals surface area (Å²) < 4.78 is 42.6. The highest BCUT2D eigenvalue weighted by Crippen LogP contribution is 2.38. The van der Waals surface area contributed by atoms with Gasteiger partial charge >= 0.3 is 5.97 Å². The van der Waals surface area contributed by atoms with Crippen LogP contribution in [-0.4, -0.2) is 32.7 Å². The van der Waals surface area contributed by atoms with Crippen molar-refractivity contribution in [3.05, 3.63) is 51.1 Å². The molecule has 0 unspecified atom stereocenters. The van der Waals surface area contributed by atoms with Gasteiger partial charge in [0.2, 0.25) is 0 Å². The topological polar surface area (TPSA) is 89.5 Å². The number of hydrogen-bond donors (Lipinski definition) is 1. The van der Waals surface area contributed by atoms with Crippen molar-refractivity contribution >= 4 is 38.1 Å². The van der Waals surface area contributed by atoms with Crippen LogP contribution in [-0.2, 0) is 26.7 Å². The molecule has 2 aromatic rings. The van der Waals surface area contributed by atoms with Crippen molar-refractivity contribution in [1.29, 1.82) is 0 Å². The molecule has 1 aliphatic heterocycles. The Hall–Kier alpha value is -2.26.